The van der Waals surface area contributed by atoms with Crippen LogP contribution in [-0.2, 0) is 20.0 Å². The molecular formula is C22H25N8NaO6S2. The molecule has 0 atom stereocenters. The Hall–Kier alpha value is -3.70. The number of hydrogen-bond donors (Lipinski definition) is 4. The van der Waals surface area contributed by atoms with Gasteiger partial charge in [-0.3, -0.25) is 4.72 Å². The van der Waals surface area contributed by atoms with Crippen LogP contribution < -0.4 is 59.9 Å². The minimum atomic E-state index is -3.82. The number of nitrogens with two attached hydrogens (primary N) is 2. The number of nitrogens with zero attached hydrogens (tertiary/aromatic N) is 4. The van der Waals surface area contributed by atoms with E-state index in [9.17, 15) is 16.8 Å². The first kappa shape index (κ1) is 31.5. The van der Waals surface area contributed by atoms with Gasteiger partial charge in [-0.25, -0.2) is 36.5 Å². The Kier molecular flexibility index (Phi) is 11.2. The number of methoxy groups -OCH3 is 2. The molecule has 0 saturated heterocycles. The average Bonchev–Trinajstić information content (AvgIpc) is 2.89. The third kappa shape index (κ3) is 8.66. The molecule has 2 aromatic carbocycles. The van der Waals surface area contributed by atoms with E-state index in [0.29, 0.717) is 11.4 Å². The number of sulfonamides is 2. The Morgan fingerprint density at radius 2 is 1.21 bits per heavy atom. The van der Waals surface area contributed by atoms with E-state index in [1.54, 1.807) is 6.07 Å². The molecule has 39 heavy (non-hydrogen) atoms. The zero-order valence-electron chi connectivity index (χ0n) is 22.1. The van der Waals surface area contributed by atoms with Crippen molar-refractivity contribution in [3.05, 3.63) is 73.3 Å². The monoisotopic (exact) mass is 584 g/mol. The Balaban J connectivity index is 0.000000388. The van der Waals surface area contributed by atoms with E-state index in [0.717, 1.165) is 0 Å². The first-order chi connectivity index (χ1) is 18.1. The first-order valence-corrected chi connectivity index (χ1v) is 13.5. The van der Waals surface area contributed by atoms with E-state index in [2.05, 4.69) is 29.4 Å². The van der Waals surface area contributed by atoms with Crippen LogP contribution in [0.25, 0.3) is 0 Å². The van der Waals surface area contributed by atoms with Crippen LogP contribution >= 0.6 is 0 Å². The molecule has 202 valence electrons. The molecule has 0 spiro atoms. The van der Waals surface area contributed by atoms with Gasteiger partial charge in [0.1, 0.15) is 6.33 Å². The van der Waals surface area contributed by atoms with Gasteiger partial charge in [-0.2, -0.15) is 4.98 Å². The summed E-state index contributed by atoms with van der Waals surface area (Å²) in [5.74, 6) is 0.243. The van der Waals surface area contributed by atoms with E-state index < -0.39 is 20.0 Å². The van der Waals surface area contributed by atoms with Gasteiger partial charge < -0.3 is 22.4 Å². The minimum absolute atomic E-state index is 0. The third-order valence-electron chi connectivity index (χ3n) is 4.57. The van der Waals surface area contributed by atoms with Crippen LogP contribution in [0.1, 0.15) is 1.43 Å². The fraction of sp³-hybridized carbons (Fsp3) is 0.0909. The average molecular weight is 585 g/mol. The number of aromatic nitrogens is 4. The van der Waals surface area contributed by atoms with Crippen molar-refractivity contribution in [1.82, 2.24) is 19.9 Å². The molecule has 0 aliphatic carbocycles. The van der Waals surface area contributed by atoms with E-state index in [-0.39, 0.29) is 64.2 Å². The largest absolute Gasteiger partial charge is 1.00 e. The predicted octanol–water partition coefficient (Wildman–Crippen LogP) is -1.15. The molecule has 0 unspecified atom stereocenters. The van der Waals surface area contributed by atoms with Crippen LogP contribution in [0.15, 0.2) is 83.1 Å². The number of anilines is 4. The molecule has 6 N–H and O–H groups in total. The van der Waals surface area contributed by atoms with Crippen molar-refractivity contribution in [3.63, 3.8) is 0 Å². The van der Waals surface area contributed by atoms with Crippen molar-refractivity contribution < 1.29 is 57.3 Å². The van der Waals surface area contributed by atoms with Gasteiger partial charge in [-0.15, -0.1) is 0 Å². The molecule has 14 nitrogen and oxygen atoms in total. The molecule has 0 bridgehead atoms. The minimum Gasteiger partial charge on any atom is -1.00 e. The molecule has 0 amide bonds. The van der Waals surface area contributed by atoms with E-state index in [1.807, 2.05) is 0 Å². The predicted molar refractivity (Wildman–Crippen MR) is 142 cm³/mol. The summed E-state index contributed by atoms with van der Waals surface area (Å²) < 4.78 is 62.9. The number of rotatable bonds is 8. The Morgan fingerprint density at radius 1 is 0.718 bits per heavy atom. The number of hydrogen-bond acceptors (Lipinski definition) is 12. The Morgan fingerprint density at radius 3 is 1.67 bits per heavy atom. The maximum absolute atomic E-state index is 12.3. The van der Waals surface area contributed by atoms with Gasteiger partial charge in [0.25, 0.3) is 25.9 Å². The normalized spacial score (nSPS) is 10.7. The number of ether oxygens (including phenoxy) is 2. The Labute approximate surface area is 249 Å². The molecule has 0 fully saturated rings. The van der Waals surface area contributed by atoms with Crippen LogP contribution in [0.2, 0.25) is 0 Å². The second-order valence-corrected chi connectivity index (χ2v) is 10.6. The van der Waals surface area contributed by atoms with Gasteiger partial charge in [0, 0.05) is 23.8 Å². The molecule has 4 aromatic rings. The van der Waals surface area contributed by atoms with Gasteiger partial charge in [0.15, 0.2) is 5.82 Å². The fourth-order valence-electron chi connectivity index (χ4n) is 2.77. The van der Waals surface area contributed by atoms with Gasteiger partial charge in [0.05, 0.1) is 24.0 Å². The van der Waals surface area contributed by atoms with Crippen LogP contribution in [0, 0.1) is 0 Å². The van der Waals surface area contributed by atoms with E-state index in [1.165, 1.54) is 81.5 Å². The summed E-state index contributed by atoms with van der Waals surface area (Å²) in [5, 5.41) is 0. The van der Waals surface area contributed by atoms with Crippen LogP contribution in [0.5, 0.6) is 11.6 Å². The molecule has 17 heteroatoms. The molecule has 0 aliphatic rings. The molecule has 4 rings (SSSR count). The van der Waals surface area contributed by atoms with Crippen LogP contribution in [-0.4, -0.2) is 51.0 Å². The summed E-state index contributed by atoms with van der Waals surface area (Å²) in [6, 6.07) is 13.2. The van der Waals surface area contributed by atoms with E-state index >= 15 is 0 Å². The summed E-state index contributed by atoms with van der Waals surface area (Å²) >= 11 is 0. The second-order valence-electron chi connectivity index (χ2n) is 7.19. The topological polar surface area (TPSA) is 214 Å². The molecule has 0 aliphatic heterocycles. The van der Waals surface area contributed by atoms with Gasteiger partial charge in [0.2, 0.25) is 11.7 Å². The molecule has 2 aromatic heterocycles. The molecule has 2 heterocycles. The van der Waals surface area contributed by atoms with Gasteiger partial charge in [-0.1, -0.05) is 0 Å². The zero-order valence-corrected chi connectivity index (χ0v) is 24.8. The van der Waals surface area contributed by atoms with Crippen LogP contribution in [0.4, 0.5) is 23.1 Å². The first-order valence-electron chi connectivity index (χ1n) is 10.5. The SMILES string of the molecule is COc1ncnc(NS(=O)(=O)c2ccc(N)cc2)c1OC.Nc1ccc(S(=O)(=O)Nc2ncccn2)cc1.[H-].[Na+]. The van der Waals surface area contributed by atoms with Crippen molar-refractivity contribution in [3.8, 4) is 11.6 Å². The number of nitrogen functional groups attached to an aromatic ring is 2. The van der Waals surface area contributed by atoms with E-state index in [4.69, 9.17) is 20.9 Å². The fourth-order valence-corrected chi connectivity index (χ4v) is 4.74. The number of nitrogens with one attached hydrogen (secondary N) is 2. The zero-order chi connectivity index (χ0) is 27.8. The van der Waals surface area contributed by atoms with Gasteiger partial charge >= 0.3 is 29.6 Å². The summed E-state index contributed by atoms with van der Waals surface area (Å²) in [6.45, 7) is 0. The van der Waals surface area contributed by atoms with Crippen molar-refractivity contribution in [2.75, 3.05) is 35.1 Å². The van der Waals surface area contributed by atoms with Gasteiger partial charge in [-0.05, 0) is 54.6 Å². The summed E-state index contributed by atoms with van der Waals surface area (Å²) in [4.78, 5) is 15.4. The molecule has 0 saturated carbocycles. The van der Waals surface area contributed by atoms with Crippen molar-refractivity contribution in [1.29, 1.82) is 0 Å². The van der Waals surface area contributed by atoms with Crippen molar-refractivity contribution >= 4 is 43.2 Å². The molecule has 0 radical (unpaired) electrons. The standard InChI is InChI=1S/C12H14N4O4S.C10H10N4O2S.Na.H/c1-19-10-11(14-7-15-12(10)20-2)16-21(17,18)9-5-3-8(13)4-6-9;11-8-2-4-9(5-3-8)17(15,16)14-10-12-6-1-7-13-10;;/h3-7H,13H2,1-2H3,(H,14,15,16);1-7H,11H2,(H,12,13,14);;/q;;+1;-1. The third-order valence-corrected chi connectivity index (χ3v) is 7.27. The number of benzene rings is 2. The van der Waals surface area contributed by atoms with Crippen molar-refractivity contribution in [2.24, 2.45) is 0 Å². The molecular weight excluding hydrogens is 559 g/mol. The summed E-state index contributed by atoms with van der Waals surface area (Å²) in [5.41, 5.74) is 12.0. The quantitative estimate of drug-likeness (QED) is 0.143. The summed E-state index contributed by atoms with van der Waals surface area (Å²) in [7, 11) is -4.72. The van der Waals surface area contributed by atoms with Crippen LogP contribution in [0.3, 0.4) is 0 Å². The Bertz CT molecular complexity index is 1580. The summed E-state index contributed by atoms with van der Waals surface area (Å²) in [6.07, 6.45) is 4.07. The maximum Gasteiger partial charge on any atom is 1.00 e. The van der Waals surface area contributed by atoms with Crippen molar-refractivity contribution in [2.45, 2.75) is 9.79 Å². The smallest absolute Gasteiger partial charge is 1.00 e. The maximum atomic E-state index is 12.3. The second kappa shape index (κ2) is 13.9.